The van der Waals surface area contributed by atoms with Gasteiger partial charge in [0, 0.05) is 87.3 Å². The minimum Gasteiger partial charge on any atom is -0.467 e. The molecule has 6 rings (SSSR count). The average molecular weight is 734 g/mol. The van der Waals surface area contributed by atoms with E-state index in [1.807, 2.05) is 6.07 Å². The van der Waals surface area contributed by atoms with Gasteiger partial charge in [0.25, 0.3) is 10.2 Å². The molecule has 4 aromatic rings. The first-order valence-corrected chi connectivity index (χ1v) is 18.9. The number of thiophene rings is 1. The van der Waals surface area contributed by atoms with Gasteiger partial charge in [-0.2, -0.15) is 41.1 Å². The Morgan fingerprint density at radius 3 is 2.46 bits per heavy atom. The van der Waals surface area contributed by atoms with Gasteiger partial charge in [-0.15, -0.1) is 11.3 Å². The number of nitriles is 1. The van der Waals surface area contributed by atoms with E-state index in [0.29, 0.717) is 54.5 Å². The van der Waals surface area contributed by atoms with Crippen molar-refractivity contribution < 1.29 is 26.3 Å². The molecule has 2 saturated heterocycles. The standard InChI is InChI=1S/C33H42F3N9O3S2/c1-21(43-11-13-44(14-12-43)50(46,47)38-3)19-45-25(18-37)15-27-22(2)23(5-6-29(27)45)20-42-9-7-24(8-10-42)39-30-28-16-26(17-33(34,35)36)49-31(28)41-32(40-30)48-4/h5-6,15-16,21,24,38H,7-14,17,19-20H2,1-4H3,(H,39,40,41)/t21-/m0/s1. The van der Waals surface area contributed by atoms with Crippen molar-refractivity contribution in [2.45, 2.75) is 64.5 Å². The molecule has 0 bridgehead atoms. The van der Waals surface area contributed by atoms with Crippen molar-refractivity contribution >= 4 is 48.5 Å². The van der Waals surface area contributed by atoms with E-state index < -0.39 is 22.8 Å². The Labute approximate surface area is 294 Å². The van der Waals surface area contributed by atoms with E-state index in [4.69, 9.17) is 4.74 Å². The highest BCUT2D eigenvalue weighted by atomic mass is 32.2. The number of fused-ring (bicyclic) bond motifs is 2. The molecular weight excluding hydrogens is 692 g/mol. The maximum absolute atomic E-state index is 13.1. The zero-order valence-corrected chi connectivity index (χ0v) is 30.2. The van der Waals surface area contributed by atoms with Gasteiger partial charge < -0.3 is 14.6 Å². The molecule has 1 atom stereocenters. The van der Waals surface area contributed by atoms with Gasteiger partial charge in [0.2, 0.25) is 0 Å². The van der Waals surface area contributed by atoms with Crippen molar-refractivity contribution in [3.63, 3.8) is 0 Å². The molecule has 2 fully saturated rings. The van der Waals surface area contributed by atoms with Crippen LogP contribution in [0.5, 0.6) is 6.01 Å². The Hall–Kier alpha value is -3.53. The summed E-state index contributed by atoms with van der Waals surface area (Å²) in [6.07, 6.45) is -3.65. The molecular formula is C33H42F3N9O3S2. The van der Waals surface area contributed by atoms with Crippen LogP contribution >= 0.6 is 11.3 Å². The molecule has 270 valence electrons. The van der Waals surface area contributed by atoms with Crippen LogP contribution in [0.15, 0.2) is 24.3 Å². The van der Waals surface area contributed by atoms with Crippen LogP contribution in [0.3, 0.4) is 0 Å². The minimum atomic E-state index is -4.30. The predicted molar refractivity (Wildman–Crippen MR) is 188 cm³/mol. The summed E-state index contributed by atoms with van der Waals surface area (Å²) >= 11 is 1.01. The number of methoxy groups -OCH3 is 1. The Morgan fingerprint density at radius 1 is 1.10 bits per heavy atom. The second-order valence-corrected chi connectivity index (χ2v) is 16.0. The summed E-state index contributed by atoms with van der Waals surface area (Å²) in [6.45, 7) is 9.32. The van der Waals surface area contributed by atoms with Crippen LogP contribution in [-0.2, 0) is 29.7 Å². The van der Waals surface area contributed by atoms with E-state index >= 15 is 0 Å². The van der Waals surface area contributed by atoms with E-state index in [9.17, 15) is 26.9 Å². The van der Waals surface area contributed by atoms with Crippen molar-refractivity contribution in [2.24, 2.45) is 0 Å². The number of halogens is 3. The summed E-state index contributed by atoms with van der Waals surface area (Å²) in [6, 6.07) is 10.4. The molecule has 0 saturated carbocycles. The number of aromatic nitrogens is 3. The van der Waals surface area contributed by atoms with Crippen molar-refractivity contribution in [1.29, 1.82) is 5.26 Å². The van der Waals surface area contributed by atoms with Crippen LogP contribution in [0.1, 0.15) is 41.5 Å². The SMILES string of the molecule is CNS(=O)(=O)N1CCN([C@@H](C)Cn2c(C#N)cc3c(C)c(CN4CCC(Nc5nc(OC)nc6sc(CC(F)(F)F)cc56)CC4)ccc32)CC1. The fraction of sp³-hybridized carbons (Fsp3) is 0.545. The molecule has 0 radical (unpaired) electrons. The molecule has 2 aliphatic heterocycles. The summed E-state index contributed by atoms with van der Waals surface area (Å²) in [7, 11) is -0.582. The fourth-order valence-corrected chi connectivity index (χ4v) is 8.94. The van der Waals surface area contributed by atoms with Crippen LogP contribution in [0, 0.1) is 18.3 Å². The molecule has 2 aliphatic rings. The Balaban J connectivity index is 1.09. The molecule has 12 nitrogen and oxygen atoms in total. The van der Waals surface area contributed by atoms with Crippen LogP contribution in [0.25, 0.3) is 21.1 Å². The van der Waals surface area contributed by atoms with Gasteiger partial charge in [0.15, 0.2) is 0 Å². The van der Waals surface area contributed by atoms with E-state index in [1.54, 1.807) is 0 Å². The topological polar surface area (TPSA) is 132 Å². The van der Waals surface area contributed by atoms with Gasteiger partial charge in [0.1, 0.15) is 22.4 Å². The Morgan fingerprint density at radius 2 is 1.82 bits per heavy atom. The highest BCUT2D eigenvalue weighted by Crippen LogP contribution is 2.35. The van der Waals surface area contributed by atoms with E-state index in [0.717, 1.165) is 60.3 Å². The lowest BCUT2D eigenvalue weighted by Gasteiger charge is -2.37. The summed E-state index contributed by atoms with van der Waals surface area (Å²) in [4.78, 5) is 14.0. The van der Waals surface area contributed by atoms with E-state index in [1.165, 1.54) is 30.1 Å². The number of hydrogen-bond acceptors (Lipinski definition) is 10. The Bertz CT molecular complexity index is 1990. The summed E-state index contributed by atoms with van der Waals surface area (Å²) in [5.41, 5.74) is 3.94. The normalized spacial score (nSPS) is 18.1. The molecule has 0 aliphatic carbocycles. The molecule has 0 amide bonds. The second-order valence-electron chi connectivity index (χ2n) is 13.0. The number of likely N-dealkylation sites (tertiary alicyclic amines) is 1. The molecule has 50 heavy (non-hydrogen) atoms. The number of ether oxygens (including phenoxy) is 1. The maximum atomic E-state index is 13.1. The van der Waals surface area contributed by atoms with Crippen molar-refractivity contribution in [2.75, 3.05) is 58.7 Å². The molecule has 3 aromatic heterocycles. The Kier molecular flexibility index (Phi) is 10.6. The fourth-order valence-electron chi connectivity index (χ4n) is 6.98. The molecule has 2 N–H and O–H groups in total. The number of alkyl halides is 3. The number of anilines is 1. The smallest absolute Gasteiger partial charge is 0.393 e. The van der Waals surface area contributed by atoms with Crippen molar-refractivity contribution in [1.82, 2.24) is 33.4 Å². The highest BCUT2D eigenvalue weighted by Gasteiger charge is 2.31. The lowest BCUT2D eigenvalue weighted by Crippen LogP contribution is -2.54. The largest absolute Gasteiger partial charge is 0.467 e. The first-order valence-electron chi connectivity index (χ1n) is 16.6. The molecule has 1 aromatic carbocycles. The number of hydrogen-bond donors (Lipinski definition) is 2. The van der Waals surface area contributed by atoms with Crippen LogP contribution in [-0.4, -0.2) is 109 Å². The van der Waals surface area contributed by atoms with E-state index in [2.05, 4.69) is 66.4 Å². The van der Waals surface area contributed by atoms with Crippen molar-refractivity contribution in [3.8, 4) is 12.1 Å². The first kappa shape index (κ1) is 36.3. The zero-order chi connectivity index (χ0) is 35.8. The minimum absolute atomic E-state index is 0.0912. The van der Waals surface area contributed by atoms with Gasteiger partial charge in [-0.3, -0.25) is 9.80 Å². The van der Waals surface area contributed by atoms with Crippen LogP contribution in [0.2, 0.25) is 0 Å². The number of rotatable bonds is 11. The second kappa shape index (κ2) is 14.6. The number of piperazine rings is 1. The van der Waals surface area contributed by atoms with Gasteiger partial charge in [-0.25, -0.2) is 4.72 Å². The third-order valence-corrected chi connectivity index (χ3v) is 12.4. The first-order chi connectivity index (χ1) is 23.8. The van der Waals surface area contributed by atoms with Gasteiger partial charge in [-0.1, -0.05) is 6.07 Å². The molecule has 5 heterocycles. The summed E-state index contributed by atoms with van der Waals surface area (Å²) < 4.78 is 74.7. The highest BCUT2D eigenvalue weighted by molar-refractivity contribution is 7.87. The van der Waals surface area contributed by atoms with Gasteiger partial charge in [-0.05, 0) is 56.0 Å². The monoisotopic (exact) mass is 733 g/mol. The average Bonchev–Trinajstić information content (AvgIpc) is 3.66. The van der Waals surface area contributed by atoms with Crippen LogP contribution < -0.4 is 14.8 Å². The molecule has 0 spiro atoms. The third-order valence-electron chi connectivity index (χ3n) is 9.83. The zero-order valence-electron chi connectivity index (χ0n) is 28.5. The number of aryl methyl sites for hydroxylation is 1. The summed E-state index contributed by atoms with van der Waals surface area (Å²) in [5.74, 6) is 0.493. The lowest BCUT2D eigenvalue weighted by atomic mass is 10.0. The van der Waals surface area contributed by atoms with Gasteiger partial charge >= 0.3 is 12.2 Å². The molecule has 0 unspecified atom stereocenters. The van der Waals surface area contributed by atoms with Crippen LogP contribution in [0.4, 0.5) is 19.0 Å². The van der Waals surface area contributed by atoms with Gasteiger partial charge in [0.05, 0.1) is 18.9 Å². The number of nitrogens with zero attached hydrogens (tertiary/aromatic N) is 7. The number of nitrogens with one attached hydrogen (secondary N) is 2. The lowest BCUT2D eigenvalue weighted by molar-refractivity contribution is -0.126. The summed E-state index contributed by atoms with van der Waals surface area (Å²) in [5, 5.41) is 15.1. The maximum Gasteiger partial charge on any atom is 0.393 e. The third kappa shape index (κ3) is 7.85. The van der Waals surface area contributed by atoms with Crippen molar-refractivity contribution in [3.05, 3.63) is 46.0 Å². The van der Waals surface area contributed by atoms with E-state index in [-0.39, 0.29) is 23.0 Å². The predicted octanol–water partition coefficient (Wildman–Crippen LogP) is 4.49. The molecule has 17 heteroatoms. The number of piperidine rings is 1. The quantitative estimate of drug-likeness (QED) is 0.229. The number of benzene rings is 1.